The molecule has 1 aromatic heterocycles. The molecular formula is C31H26Cl2N2O5S. The summed E-state index contributed by atoms with van der Waals surface area (Å²) in [4.78, 5) is 32.0. The summed E-state index contributed by atoms with van der Waals surface area (Å²) in [5, 5.41) is 1.08. The lowest BCUT2D eigenvalue weighted by atomic mass is 9.96. The van der Waals surface area contributed by atoms with Crippen molar-refractivity contribution in [2.75, 3.05) is 13.7 Å². The highest BCUT2D eigenvalue weighted by atomic mass is 35.5. The zero-order valence-electron chi connectivity index (χ0n) is 22.5. The van der Waals surface area contributed by atoms with Crippen LogP contribution >= 0.6 is 34.5 Å². The topological polar surface area (TPSA) is 79.1 Å². The van der Waals surface area contributed by atoms with E-state index in [1.165, 1.54) is 11.3 Å². The molecule has 5 rings (SSSR count). The highest BCUT2D eigenvalue weighted by Crippen LogP contribution is 2.31. The van der Waals surface area contributed by atoms with E-state index in [4.69, 9.17) is 37.4 Å². The number of ether oxygens (including phenoxy) is 3. The summed E-state index contributed by atoms with van der Waals surface area (Å²) in [7, 11) is 1.58. The minimum absolute atomic E-state index is 0.206. The van der Waals surface area contributed by atoms with Gasteiger partial charge in [0.15, 0.2) is 4.80 Å². The molecule has 41 heavy (non-hydrogen) atoms. The lowest BCUT2D eigenvalue weighted by Gasteiger charge is -2.24. The number of nitrogens with zero attached hydrogens (tertiary/aromatic N) is 2. The van der Waals surface area contributed by atoms with Gasteiger partial charge in [-0.25, -0.2) is 9.79 Å². The van der Waals surface area contributed by atoms with Crippen molar-refractivity contribution in [2.45, 2.75) is 26.5 Å². The Morgan fingerprint density at radius 2 is 1.85 bits per heavy atom. The predicted molar refractivity (Wildman–Crippen MR) is 161 cm³/mol. The Hall–Kier alpha value is -3.85. The van der Waals surface area contributed by atoms with Crippen molar-refractivity contribution in [2.24, 2.45) is 4.99 Å². The fourth-order valence-corrected chi connectivity index (χ4v) is 6.05. The predicted octanol–water partition coefficient (Wildman–Crippen LogP) is 5.69. The van der Waals surface area contributed by atoms with Crippen LogP contribution in [0.3, 0.4) is 0 Å². The number of allylic oxidation sites excluding steroid dienone is 1. The van der Waals surface area contributed by atoms with Gasteiger partial charge in [-0.1, -0.05) is 64.9 Å². The van der Waals surface area contributed by atoms with Gasteiger partial charge >= 0.3 is 5.97 Å². The van der Waals surface area contributed by atoms with Crippen LogP contribution in [0.5, 0.6) is 11.5 Å². The van der Waals surface area contributed by atoms with E-state index in [0.717, 1.165) is 16.7 Å². The van der Waals surface area contributed by atoms with Gasteiger partial charge in [0, 0.05) is 15.6 Å². The number of carbonyl (C=O) groups excluding carboxylic acids is 1. The quantitative estimate of drug-likeness (QED) is 0.240. The number of hydrogen-bond donors (Lipinski definition) is 0. The number of rotatable bonds is 8. The van der Waals surface area contributed by atoms with Gasteiger partial charge in [0.2, 0.25) is 0 Å². The van der Waals surface area contributed by atoms with Crippen LogP contribution in [0.1, 0.15) is 36.6 Å². The first-order valence-corrected chi connectivity index (χ1v) is 14.4. The lowest BCUT2D eigenvalue weighted by molar-refractivity contribution is -0.139. The largest absolute Gasteiger partial charge is 0.497 e. The molecule has 1 unspecified atom stereocenters. The molecule has 210 valence electrons. The Balaban J connectivity index is 1.53. The molecule has 7 nitrogen and oxygen atoms in total. The van der Waals surface area contributed by atoms with E-state index in [9.17, 15) is 9.59 Å². The maximum atomic E-state index is 13.8. The summed E-state index contributed by atoms with van der Waals surface area (Å²) >= 11 is 13.5. The van der Waals surface area contributed by atoms with Crippen LogP contribution in [0.25, 0.3) is 6.08 Å². The molecule has 3 aromatic carbocycles. The molecule has 0 N–H and O–H groups in total. The van der Waals surface area contributed by atoms with E-state index >= 15 is 0 Å². The minimum Gasteiger partial charge on any atom is -0.497 e. The first kappa shape index (κ1) is 28.7. The molecule has 1 aliphatic rings. The van der Waals surface area contributed by atoms with Gasteiger partial charge in [-0.2, -0.15) is 0 Å². The third kappa shape index (κ3) is 6.10. The molecule has 0 spiro atoms. The highest BCUT2D eigenvalue weighted by molar-refractivity contribution is 7.07. The number of benzene rings is 3. The van der Waals surface area contributed by atoms with Gasteiger partial charge in [-0.15, -0.1) is 0 Å². The fraction of sp³-hybridized carbons (Fsp3) is 0.194. The second-order valence-electron chi connectivity index (χ2n) is 9.17. The number of carbonyl (C=O) groups is 1. The van der Waals surface area contributed by atoms with Gasteiger partial charge in [0.1, 0.15) is 18.1 Å². The first-order chi connectivity index (χ1) is 19.8. The van der Waals surface area contributed by atoms with E-state index in [1.54, 1.807) is 55.9 Å². The molecule has 0 bridgehead atoms. The zero-order valence-corrected chi connectivity index (χ0v) is 24.8. The van der Waals surface area contributed by atoms with Crippen molar-refractivity contribution >= 4 is 46.6 Å². The summed E-state index contributed by atoms with van der Waals surface area (Å²) in [5.41, 5.74) is 2.90. The number of methoxy groups -OCH3 is 1. The van der Waals surface area contributed by atoms with Crippen LogP contribution in [-0.2, 0) is 16.1 Å². The van der Waals surface area contributed by atoms with Gasteiger partial charge < -0.3 is 14.2 Å². The molecule has 4 aromatic rings. The van der Waals surface area contributed by atoms with Gasteiger partial charge in [0.05, 0.1) is 35.6 Å². The van der Waals surface area contributed by atoms with Gasteiger partial charge in [-0.05, 0) is 67.4 Å². The number of fused-ring (bicyclic) bond motifs is 1. The van der Waals surface area contributed by atoms with E-state index in [-0.39, 0.29) is 18.8 Å². The Morgan fingerprint density at radius 1 is 1.07 bits per heavy atom. The summed E-state index contributed by atoms with van der Waals surface area (Å²) in [5.74, 6) is 0.781. The van der Waals surface area contributed by atoms with Crippen molar-refractivity contribution in [1.29, 1.82) is 0 Å². The third-order valence-electron chi connectivity index (χ3n) is 6.51. The normalized spacial score (nSPS) is 14.9. The van der Waals surface area contributed by atoms with Crippen LogP contribution in [-0.4, -0.2) is 24.3 Å². The molecule has 0 saturated carbocycles. The van der Waals surface area contributed by atoms with Crippen molar-refractivity contribution in [3.63, 3.8) is 0 Å². The second kappa shape index (κ2) is 12.3. The van der Waals surface area contributed by atoms with Gasteiger partial charge in [-0.3, -0.25) is 9.36 Å². The SMILES string of the molecule is CCOC(=O)C1=C(C)N=c2s/c(=C\c3cccc(OCc4ccc(Cl)cc4Cl)c3)c(=O)n2C1c1ccc(OC)cc1. The molecule has 2 heterocycles. The molecule has 10 heteroatoms. The van der Waals surface area contributed by atoms with Crippen LogP contribution in [0.4, 0.5) is 0 Å². The van der Waals surface area contributed by atoms with E-state index in [2.05, 4.69) is 4.99 Å². The standard InChI is InChI=1S/C31H26Cl2N2O5S/c1-4-39-30(37)27-18(2)34-31-35(28(27)20-9-12-23(38-3)13-10-20)29(36)26(41-31)15-19-6-5-7-24(14-19)40-17-21-8-11-22(32)16-25(21)33/h5-16,28H,4,17H2,1-3H3/b26-15-. The van der Waals surface area contributed by atoms with E-state index < -0.39 is 12.0 Å². The third-order valence-corrected chi connectivity index (χ3v) is 8.08. The number of esters is 1. The molecule has 0 saturated heterocycles. The number of hydrogen-bond acceptors (Lipinski definition) is 7. The first-order valence-electron chi connectivity index (χ1n) is 12.8. The molecule has 0 fully saturated rings. The van der Waals surface area contributed by atoms with Crippen LogP contribution in [0, 0.1) is 0 Å². The average Bonchev–Trinajstić information content (AvgIpc) is 3.26. The van der Waals surface area contributed by atoms with Crippen molar-refractivity contribution in [3.05, 3.63) is 124 Å². The van der Waals surface area contributed by atoms with E-state index in [1.807, 2.05) is 42.5 Å². The summed E-state index contributed by atoms with van der Waals surface area (Å²) in [6, 6.07) is 19.2. The van der Waals surface area contributed by atoms with E-state index in [0.29, 0.717) is 42.1 Å². The average molecular weight is 610 g/mol. The van der Waals surface area contributed by atoms with Crippen LogP contribution in [0.2, 0.25) is 10.0 Å². The minimum atomic E-state index is -0.697. The van der Waals surface area contributed by atoms with Crippen molar-refractivity contribution in [3.8, 4) is 11.5 Å². The Bertz CT molecular complexity index is 1830. The Labute approximate surface area is 250 Å². The second-order valence-corrected chi connectivity index (χ2v) is 11.0. The van der Waals surface area contributed by atoms with Gasteiger partial charge in [0.25, 0.3) is 5.56 Å². The Morgan fingerprint density at radius 3 is 2.56 bits per heavy atom. The lowest BCUT2D eigenvalue weighted by Crippen LogP contribution is -2.39. The maximum Gasteiger partial charge on any atom is 0.338 e. The molecule has 0 amide bonds. The Kier molecular flexibility index (Phi) is 8.63. The summed E-state index contributed by atoms with van der Waals surface area (Å²) < 4.78 is 18.6. The van der Waals surface area contributed by atoms with Crippen LogP contribution < -0.4 is 24.4 Å². The molecule has 1 atom stereocenters. The van der Waals surface area contributed by atoms with Crippen molar-refractivity contribution in [1.82, 2.24) is 4.57 Å². The smallest absolute Gasteiger partial charge is 0.338 e. The highest BCUT2D eigenvalue weighted by Gasteiger charge is 2.33. The number of thiazole rings is 1. The molecule has 0 aliphatic carbocycles. The maximum absolute atomic E-state index is 13.8. The fourth-order valence-electron chi connectivity index (χ4n) is 4.54. The monoisotopic (exact) mass is 608 g/mol. The molecular weight excluding hydrogens is 583 g/mol. The zero-order chi connectivity index (χ0) is 29.1. The number of halogens is 2. The van der Waals surface area contributed by atoms with Crippen LogP contribution in [0.15, 0.2) is 87.8 Å². The number of aromatic nitrogens is 1. The molecule has 0 radical (unpaired) electrons. The van der Waals surface area contributed by atoms with Crippen molar-refractivity contribution < 1.29 is 19.0 Å². The summed E-state index contributed by atoms with van der Waals surface area (Å²) in [6.07, 6.45) is 1.79. The summed E-state index contributed by atoms with van der Waals surface area (Å²) in [6.45, 7) is 3.97. The molecule has 1 aliphatic heterocycles.